The summed E-state index contributed by atoms with van der Waals surface area (Å²) < 4.78 is 16.5. The number of para-hydroxylation sites is 2. The summed E-state index contributed by atoms with van der Waals surface area (Å²) in [6.07, 6.45) is 0.0492. The predicted molar refractivity (Wildman–Crippen MR) is 98.5 cm³/mol. The molecule has 0 radical (unpaired) electrons. The molecular weight excluding hydrogens is 346 g/mol. The fourth-order valence-corrected chi connectivity index (χ4v) is 2.89. The van der Waals surface area contributed by atoms with Crippen LogP contribution >= 0.6 is 0 Å². The first kappa shape index (κ1) is 17.2. The molecule has 2 atom stereocenters. The molecule has 2 heterocycles. The van der Waals surface area contributed by atoms with Gasteiger partial charge < -0.3 is 24.3 Å². The molecule has 1 aromatic heterocycles. The van der Waals surface area contributed by atoms with E-state index in [1.165, 1.54) is 0 Å². The molecule has 1 amide bonds. The summed E-state index contributed by atoms with van der Waals surface area (Å²) in [6.45, 7) is 0.219. The van der Waals surface area contributed by atoms with Crippen LogP contribution in [0.15, 0.2) is 71.3 Å². The summed E-state index contributed by atoms with van der Waals surface area (Å²) in [5.74, 6) is 1.60. The van der Waals surface area contributed by atoms with E-state index < -0.39 is 12.2 Å². The molecule has 4 rings (SSSR count). The SMILES string of the molecule is O=C(NC[C@@H](O)c1ccc(-c2ccco2)cc1)[C@H]1COc2ccccc2O1. The molecule has 0 aliphatic carbocycles. The van der Waals surface area contributed by atoms with Crippen LogP contribution in [-0.2, 0) is 4.79 Å². The normalized spacial score (nSPS) is 16.6. The second-order valence-corrected chi connectivity index (χ2v) is 6.22. The number of fused-ring (bicyclic) bond motifs is 1. The number of ether oxygens (including phenoxy) is 2. The number of nitrogens with one attached hydrogen (secondary N) is 1. The van der Waals surface area contributed by atoms with Crippen molar-refractivity contribution in [3.63, 3.8) is 0 Å². The maximum absolute atomic E-state index is 12.3. The van der Waals surface area contributed by atoms with Crippen molar-refractivity contribution in [2.24, 2.45) is 0 Å². The molecule has 0 saturated carbocycles. The minimum absolute atomic E-state index is 0.0838. The molecule has 0 spiro atoms. The van der Waals surface area contributed by atoms with E-state index >= 15 is 0 Å². The highest BCUT2D eigenvalue weighted by molar-refractivity contribution is 5.81. The van der Waals surface area contributed by atoms with Crippen LogP contribution in [0.1, 0.15) is 11.7 Å². The van der Waals surface area contributed by atoms with Crippen molar-refractivity contribution in [3.05, 3.63) is 72.5 Å². The van der Waals surface area contributed by atoms with Crippen LogP contribution in [0.4, 0.5) is 0 Å². The minimum atomic E-state index is -0.823. The second kappa shape index (κ2) is 7.55. The van der Waals surface area contributed by atoms with E-state index in [0.717, 1.165) is 11.3 Å². The molecule has 0 saturated heterocycles. The molecule has 138 valence electrons. The van der Waals surface area contributed by atoms with Crippen molar-refractivity contribution in [2.45, 2.75) is 12.2 Å². The number of hydrogen-bond donors (Lipinski definition) is 2. The molecule has 1 aliphatic rings. The molecule has 2 aromatic carbocycles. The lowest BCUT2D eigenvalue weighted by molar-refractivity contribution is -0.130. The van der Waals surface area contributed by atoms with Crippen molar-refractivity contribution < 1.29 is 23.8 Å². The number of hydrogen-bond acceptors (Lipinski definition) is 5. The predicted octanol–water partition coefficient (Wildman–Crippen LogP) is 2.94. The fourth-order valence-electron chi connectivity index (χ4n) is 2.89. The number of carbonyl (C=O) groups is 1. The van der Waals surface area contributed by atoms with Gasteiger partial charge in [-0.25, -0.2) is 0 Å². The lowest BCUT2D eigenvalue weighted by Crippen LogP contribution is -2.45. The third kappa shape index (κ3) is 3.80. The third-order valence-electron chi connectivity index (χ3n) is 4.37. The van der Waals surface area contributed by atoms with Gasteiger partial charge in [0.1, 0.15) is 12.4 Å². The summed E-state index contributed by atoms with van der Waals surface area (Å²) in [4.78, 5) is 12.3. The third-order valence-corrected chi connectivity index (χ3v) is 4.37. The first-order chi connectivity index (χ1) is 13.2. The van der Waals surface area contributed by atoms with Crippen LogP contribution in [0.2, 0.25) is 0 Å². The van der Waals surface area contributed by atoms with Gasteiger partial charge in [0, 0.05) is 12.1 Å². The standard InChI is InChI=1S/C21H19NO5/c23-16(14-7-9-15(10-8-14)17-6-3-11-25-17)12-22-21(24)20-13-26-18-4-1-2-5-19(18)27-20/h1-11,16,20,23H,12-13H2,(H,22,24)/t16-,20-/m1/s1. The van der Waals surface area contributed by atoms with Crippen LogP contribution in [-0.4, -0.2) is 30.3 Å². The van der Waals surface area contributed by atoms with Gasteiger partial charge in [0.2, 0.25) is 6.10 Å². The van der Waals surface area contributed by atoms with Gasteiger partial charge in [0.25, 0.3) is 5.91 Å². The molecule has 1 aliphatic heterocycles. The summed E-state index contributed by atoms with van der Waals surface area (Å²) in [5, 5.41) is 13.0. The number of rotatable bonds is 5. The molecule has 6 heteroatoms. The Labute approximate surface area is 156 Å². The van der Waals surface area contributed by atoms with E-state index in [0.29, 0.717) is 17.1 Å². The Morgan fingerprint density at radius 3 is 2.59 bits per heavy atom. The molecule has 2 N–H and O–H groups in total. The van der Waals surface area contributed by atoms with Crippen molar-refractivity contribution in [2.75, 3.05) is 13.2 Å². The minimum Gasteiger partial charge on any atom is -0.485 e. The van der Waals surface area contributed by atoms with Crippen molar-refractivity contribution in [1.82, 2.24) is 5.32 Å². The first-order valence-corrected chi connectivity index (χ1v) is 8.69. The summed E-state index contributed by atoms with van der Waals surface area (Å²) >= 11 is 0. The van der Waals surface area contributed by atoms with Crippen molar-refractivity contribution in [1.29, 1.82) is 0 Å². The Morgan fingerprint density at radius 2 is 1.85 bits per heavy atom. The number of aliphatic hydroxyl groups excluding tert-OH is 1. The highest BCUT2D eigenvalue weighted by Crippen LogP contribution is 2.31. The van der Waals surface area contributed by atoms with E-state index in [4.69, 9.17) is 13.9 Å². The van der Waals surface area contributed by atoms with Gasteiger partial charge in [0.05, 0.1) is 12.4 Å². The van der Waals surface area contributed by atoms with Gasteiger partial charge in [-0.05, 0) is 29.8 Å². The Morgan fingerprint density at radius 1 is 1.07 bits per heavy atom. The van der Waals surface area contributed by atoms with Crippen LogP contribution in [0.3, 0.4) is 0 Å². The zero-order valence-electron chi connectivity index (χ0n) is 14.5. The lowest BCUT2D eigenvalue weighted by Gasteiger charge is -2.26. The number of benzene rings is 2. The lowest BCUT2D eigenvalue weighted by atomic mass is 10.1. The van der Waals surface area contributed by atoms with E-state index in [1.54, 1.807) is 18.4 Å². The number of amides is 1. The van der Waals surface area contributed by atoms with E-state index in [9.17, 15) is 9.90 Å². The molecule has 0 bridgehead atoms. The van der Waals surface area contributed by atoms with Crippen LogP contribution in [0.5, 0.6) is 11.5 Å². The maximum Gasteiger partial charge on any atom is 0.264 e. The average molecular weight is 365 g/mol. The van der Waals surface area contributed by atoms with Crippen molar-refractivity contribution in [3.8, 4) is 22.8 Å². The topological polar surface area (TPSA) is 80.9 Å². The zero-order chi connectivity index (χ0) is 18.6. The smallest absolute Gasteiger partial charge is 0.264 e. The van der Waals surface area contributed by atoms with Crippen LogP contribution in [0, 0.1) is 0 Å². The first-order valence-electron chi connectivity index (χ1n) is 8.69. The quantitative estimate of drug-likeness (QED) is 0.727. The Bertz CT molecular complexity index is 905. The summed E-state index contributed by atoms with van der Waals surface area (Å²) in [5.41, 5.74) is 1.63. The maximum atomic E-state index is 12.3. The highest BCUT2D eigenvalue weighted by atomic mass is 16.6. The summed E-state index contributed by atoms with van der Waals surface area (Å²) in [7, 11) is 0. The van der Waals surface area contributed by atoms with E-state index in [-0.39, 0.29) is 19.1 Å². The second-order valence-electron chi connectivity index (χ2n) is 6.22. The summed E-state index contributed by atoms with van der Waals surface area (Å²) in [6, 6.07) is 18.3. The molecule has 0 unspecified atom stereocenters. The molecule has 27 heavy (non-hydrogen) atoms. The van der Waals surface area contributed by atoms with E-state index in [1.807, 2.05) is 48.5 Å². The average Bonchev–Trinajstić information content (AvgIpc) is 3.26. The zero-order valence-corrected chi connectivity index (χ0v) is 14.5. The Balaban J connectivity index is 1.32. The van der Waals surface area contributed by atoms with Gasteiger partial charge >= 0.3 is 0 Å². The monoisotopic (exact) mass is 365 g/mol. The van der Waals surface area contributed by atoms with Gasteiger partial charge in [-0.2, -0.15) is 0 Å². The molecule has 6 nitrogen and oxygen atoms in total. The Kier molecular flexibility index (Phi) is 4.80. The van der Waals surface area contributed by atoms with Gasteiger partial charge in [-0.3, -0.25) is 4.79 Å². The van der Waals surface area contributed by atoms with Gasteiger partial charge in [-0.1, -0.05) is 36.4 Å². The molecular formula is C21H19NO5. The highest BCUT2D eigenvalue weighted by Gasteiger charge is 2.27. The molecule has 3 aromatic rings. The largest absolute Gasteiger partial charge is 0.485 e. The molecule has 0 fully saturated rings. The number of carbonyl (C=O) groups excluding carboxylic acids is 1. The Hall–Kier alpha value is -3.25. The van der Waals surface area contributed by atoms with Crippen molar-refractivity contribution >= 4 is 5.91 Å². The van der Waals surface area contributed by atoms with Crippen LogP contribution < -0.4 is 14.8 Å². The number of aliphatic hydroxyl groups is 1. The van der Waals surface area contributed by atoms with Gasteiger partial charge in [-0.15, -0.1) is 0 Å². The van der Waals surface area contributed by atoms with E-state index in [2.05, 4.69) is 5.32 Å². The number of furan rings is 1. The fraction of sp³-hybridized carbons (Fsp3) is 0.190. The van der Waals surface area contributed by atoms with Crippen LogP contribution in [0.25, 0.3) is 11.3 Å². The van der Waals surface area contributed by atoms with Gasteiger partial charge in [0.15, 0.2) is 11.5 Å².